The van der Waals surface area contributed by atoms with Crippen molar-refractivity contribution in [2.75, 3.05) is 57.8 Å². The number of likely N-dealkylation sites (tertiary alicyclic amines) is 1. The molecule has 2 amide bonds. The second-order valence-electron chi connectivity index (χ2n) is 12.7. The molecule has 5 aliphatic rings. The lowest BCUT2D eigenvalue weighted by Crippen LogP contribution is -2.44. The number of benzene rings is 1. The van der Waals surface area contributed by atoms with Crippen LogP contribution in [0.5, 0.6) is 0 Å². The maximum Gasteiger partial charge on any atom is 0.256 e. The number of rotatable bonds is 6. The quantitative estimate of drug-likeness (QED) is 0.498. The summed E-state index contributed by atoms with van der Waals surface area (Å²) in [6, 6.07) is 12.7. The van der Waals surface area contributed by atoms with Gasteiger partial charge >= 0.3 is 0 Å². The highest BCUT2D eigenvalue weighted by Crippen LogP contribution is 2.40. The third-order valence-corrected chi connectivity index (χ3v) is 9.49. The Morgan fingerprint density at radius 3 is 2.10 bits per heavy atom. The fourth-order valence-electron chi connectivity index (χ4n) is 6.71. The van der Waals surface area contributed by atoms with Crippen LogP contribution in [0.2, 0.25) is 0 Å². The lowest BCUT2D eigenvalue weighted by molar-refractivity contribution is -0.132. The first-order chi connectivity index (χ1) is 20.5. The summed E-state index contributed by atoms with van der Waals surface area (Å²) >= 11 is 0. The fourth-order valence-corrected chi connectivity index (χ4v) is 6.71. The second kappa shape index (κ2) is 12.5. The molecule has 42 heavy (non-hydrogen) atoms. The molecule has 0 bridgehead atoms. The van der Waals surface area contributed by atoms with Crippen LogP contribution in [-0.2, 0) is 9.59 Å². The maximum atomic E-state index is 13.2. The monoisotopic (exact) mass is 570 g/mol. The molecule has 2 saturated heterocycles. The Morgan fingerprint density at radius 1 is 0.857 bits per heavy atom. The first kappa shape index (κ1) is 28.8. The highest BCUT2D eigenvalue weighted by Gasteiger charge is 2.49. The topological polar surface area (TPSA) is 72.4 Å². The van der Waals surface area contributed by atoms with Crippen molar-refractivity contribution >= 4 is 23.5 Å². The van der Waals surface area contributed by atoms with E-state index in [1.54, 1.807) is 0 Å². The Morgan fingerprint density at radius 2 is 1.50 bits per heavy atom. The standard InChI is InChI=1S/C26H33N5O.C8H13NO/c1-3-14-31-24(28-26(25(31)32)12-4-5-13-26)21-8-6-20(7-9-21)22-10-11-23(27-19-22)30-17-15-29(2)16-18-30;10-8(7-3-4-7)9-5-1-2-6-9/h6-11,19H,3-5,12-18H2,1-2H3;7H,1-6H2. The molecule has 0 N–H and O–H groups in total. The van der Waals surface area contributed by atoms with E-state index >= 15 is 0 Å². The van der Waals surface area contributed by atoms with Crippen molar-refractivity contribution in [3.63, 3.8) is 0 Å². The van der Waals surface area contributed by atoms with Crippen molar-refractivity contribution in [1.29, 1.82) is 0 Å². The molecular formula is C34H46N6O2. The average Bonchev–Trinajstić information content (AvgIpc) is 3.40. The third kappa shape index (κ3) is 6.10. The van der Waals surface area contributed by atoms with Gasteiger partial charge in [-0.2, -0.15) is 0 Å². The number of nitrogens with zero attached hydrogens (tertiary/aromatic N) is 6. The van der Waals surface area contributed by atoms with Gasteiger partial charge in [-0.1, -0.05) is 44.0 Å². The zero-order valence-corrected chi connectivity index (χ0v) is 25.4. The molecule has 1 aromatic carbocycles. The van der Waals surface area contributed by atoms with Gasteiger partial charge in [0.15, 0.2) is 0 Å². The number of anilines is 1. The zero-order chi connectivity index (χ0) is 29.1. The average molecular weight is 571 g/mol. The van der Waals surface area contributed by atoms with E-state index < -0.39 is 5.54 Å². The minimum absolute atomic E-state index is 0.208. The van der Waals surface area contributed by atoms with Crippen LogP contribution < -0.4 is 4.90 Å². The Bertz CT molecular complexity index is 1270. The summed E-state index contributed by atoms with van der Waals surface area (Å²) in [5.74, 6) is 2.97. The molecule has 1 aromatic heterocycles. The number of aliphatic imine (C=N–C) groups is 1. The molecule has 0 radical (unpaired) electrons. The number of hydrogen-bond acceptors (Lipinski definition) is 6. The van der Waals surface area contributed by atoms with Gasteiger partial charge in [0.1, 0.15) is 17.2 Å². The number of pyridine rings is 1. The summed E-state index contributed by atoms with van der Waals surface area (Å²) < 4.78 is 0. The van der Waals surface area contributed by atoms with Crippen molar-refractivity contribution in [3.8, 4) is 11.1 Å². The second-order valence-corrected chi connectivity index (χ2v) is 12.7. The van der Waals surface area contributed by atoms with Gasteiger partial charge in [0, 0.05) is 69.1 Å². The van der Waals surface area contributed by atoms with E-state index in [0.29, 0.717) is 11.8 Å². The number of piperazine rings is 1. The van der Waals surface area contributed by atoms with Crippen molar-refractivity contribution in [2.45, 2.75) is 70.3 Å². The molecular weight excluding hydrogens is 524 g/mol. The van der Waals surface area contributed by atoms with Gasteiger partial charge in [-0.05, 0) is 69.7 Å². The van der Waals surface area contributed by atoms with Crippen LogP contribution >= 0.6 is 0 Å². The van der Waals surface area contributed by atoms with Gasteiger partial charge in [-0.3, -0.25) is 19.5 Å². The van der Waals surface area contributed by atoms with Gasteiger partial charge in [-0.15, -0.1) is 0 Å². The first-order valence-corrected chi connectivity index (χ1v) is 16.2. The normalized spacial score (nSPS) is 22.0. The van der Waals surface area contributed by atoms with Crippen LogP contribution in [0.15, 0.2) is 47.6 Å². The SMILES string of the molecule is CCCN1C(=O)C2(CCCC2)N=C1c1ccc(-c2ccc(N3CCN(C)CC3)nc2)cc1.O=C(C1CC1)N1CCCC1. The number of amides is 2. The predicted octanol–water partition coefficient (Wildman–Crippen LogP) is 4.83. The van der Waals surface area contributed by atoms with Crippen molar-refractivity contribution < 1.29 is 9.59 Å². The smallest absolute Gasteiger partial charge is 0.256 e. The van der Waals surface area contributed by atoms with Gasteiger partial charge < -0.3 is 14.7 Å². The Kier molecular flexibility index (Phi) is 8.61. The molecule has 224 valence electrons. The van der Waals surface area contributed by atoms with Gasteiger partial charge in [0.25, 0.3) is 5.91 Å². The maximum absolute atomic E-state index is 13.2. The molecule has 2 saturated carbocycles. The van der Waals surface area contributed by atoms with Crippen molar-refractivity contribution in [1.82, 2.24) is 19.7 Å². The number of amidine groups is 1. The summed E-state index contributed by atoms with van der Waals surface area (Å²) in [4.78, 5) is 42.9. The molecule has 1 spiro atoms. The highest BCUT2D eigenvalue weighted by molar-refractivity contribution is 6.15. The van der Waals surface area contributed by atoms with E-state index in [4.69, 9.17) is 9.98 Å². The minimum atomic E-state index is -0.494. The van der Waals surface area contributed by atoms with E-state index in [1.807, 2.05) is 16.0 Å². The molecule has 4 fully saturated rings. The van der Waals surface area contributed by atoms with E-state index in [9.17, 15) is 9.59 Å². The first-order valence-electron chi connectivity index (χ1n) is 16.2. The van der Waals surface area contributed by atoms with Crippen LogP contribution in [0, 0.1) is 5.92 Å². The molecule has 0 unspecified atom stereocenters. The van der Waals surface area contributed by atoms with E-state index in [-0.39, 0.29) is 5.91 Å². The summed E-state index contributed by atoms with van der Waals surface area (Å²) in [5.41, 5.74) is 2.78. The van der Waals surface area contributed by atoms with Crippen LogP contribution in [-0.4, -0.2) is 95.7 Å². The van der Waals surface area contributed by atoms with Gasteiger partial charge in [0.05, 0.1) is 0 Å². The summed E-state index contributed by atoms with van der Waals surface area (Å²) in [6.07, 6.45) is 11.6. The Hall–Kier alpha value is -3.26. The van der Waals surface area contributed by atoms with Crippen LogP contribution in [0.4, 0.5) is 5.82 Å². The lowest BCUT2D eigenvalue weighted by Gasteiger charge is -2.33. The number of carbonyl (C=O) groups is 2. The Balaban J connectivity index is 0.000000265. The molecule has 3 aliphatic heterocycles. The molecule has 2 aromatic rings. The van der Waals surface area contributed by atoms with Crippen molar-refractivity contribution in [2.24, 2.45) is 10.9 Å². The summed E-state index contributed by atoms with van der Waals surface area (Å²) in [5, 5.41) is 0. The summed E-state index contributed by atoms with van der Waals surface area (Å²) in [6.45, 7) is 9.10. The molecule has 8 heteroatoms. The minimum Gasteiger partial charge on any atom is -0.354 e. The molecule has 2 aliphatic carbocycles. The predicted molar refractivity (Wildman–Crippen MR) is 168 cm³/mol. The van der Waals surface area contributed by atoms with E-state index in [1.165, 1.54) is 12.8 Å². The van der Waals surface area contributed by atoms with Crippen LogP contribution in [0.25, 0.3) is 11.1 Å². The largest absolute Gasteiger partial charge is 0.354 e. The van der Waals surface area contributed by atoms with E-state index in [2.05, 4.69) is 60.2 Å². The summed E-state index contributed by atoms with van der Waals surface area (Å²) in [7, 11) is 2.17. The molecule has 0 atom stereocenters. The number of aromatic nitrogens is 1. The van der Waals surface area contributed by atoms with Crippen LogP contribution in [0.3, 0.4) is 0 Å². The molecule has 4 heterocycles. The zero-order valence-electron chi connectivity index (χ0n) is 25.4. The highest BCUT2D eigenvalue weighted by atomic mass is 16.2. The van der Waals surface area contributed by atoms with E-state index in [0.717, 1.165) is 119 Å². The third-order valence-electron chi connectivity index (χ3n) is 9.49. The number of likely N-dealkylation sites (N-methyl/N-ethyl adjacent to an activating group) is 1. The van der Waals surface area contributed by atoms with Crippen LogP contribution in [0.1, 0.15) is 70.3 Å². The van der Waals surface area contributed by atoms with Gasteiger partial charge in [-0.25, -0.2) is 4.98 Å². The molecule has 7 rings (SSSR count). The fraction of sp³-hybridized carbons (Fsp3) is 0.588. The molecule has 8 nitrogen and oxygen atoms in total. The van der Waals surface area contributed by atoms with Gasteiger partial charge in [0.2, 0.25) is 5.91 Å². The number of hydrogen-bond donors (Lipinski definition) is 0. The Labute approximate surface area is 250 Å². The lowest BCUT2D eigenvalue weighted by atomic mass is 9.98. The van der Waals surface area contributed by atoms with Crippen molar-refractivity contribution in [3.05, 3.63) is 48.2 Å². The number of carbonyl (C=O) groups excluding carboxylic acids is 2.